The molecule has 6 nitrogen and oxygen atoms in total. The van der Waals surface area contributed by atoms with Gasteiger partial charge in [-0.05, 0) is 54.3 Å². The number of esters is 1. The van der Waals surface area contributed by atoms with Gasteiger partial charge in [0.25, 0.3) is 5.91 Å². The van der Waals surface area contributed by atoms with E-state index in [9.17, 15) is 9.59 Å². The summed E-state index contributed by atoms with van der Waals surface area (Å²) in [5, 5.41) is 0. The van der Waals surface area contributed by atoms with Gasteiger partial charge in [-0.1, -0.05) is 65.0 Å². The summed E-state index contributed by atoms with van der Waals surface area (Å²) in [5.41, 5.74) is 1.83. The normalized spacial score (nSPS) is 14.6. The average molecular weight is 565 g/mol. The lowest BCUT2D eigenvalue weighted by atomic mass is 10.1. The van der Waals surface area contributed by atoms with Crippen molar-refractivity contribution in [1.29, 1.82) is 0 Å². The van der Waals surface area contributed by atoms with Crippen molar-refractivity contribution in [3.05, 3.63) is 63.0 Å². The third-order valence-electron chi connectivity index (χ3n) is 4.87. The van der Waals surface area contributed by atoms with Gasteiger partial charge in [0.2, 0.25) is 0 Å². The number of thiocarbonyl (C=S) groups is 1. The topological polar surface area (TPSA) is 65.1 Å². The van der Waals surface area contributed by atoms with Crippen LogP contribution in [0.15, 0.2) is 51.8 Å². The maximum Gasteiger partial charge on any atom is 0.305 e. The molecule has 1 fully saturated rings. The molecule has 9 heteroatoms. The van der Waals surface area contributed by atoms with E-state index in [4.69, 9.17) is 26.4 Å². The van der Waals surface area contributed by atoms with E-state index >= 15 is 0 Å². The molecule has 0 N–H and O–H groups in total. The maximum atomic E-state index is 12.8. The molecule has 1 heterocycles. The monoisotopic (exact) mass is 563 g/mol. The van der Waals surface area contributed by atoms with Crippen molar-refractivity contribution in [3.63, 3.8) is 0 Å². The van der Waals surface area contributed by atoms with Crippen LogP contribution in [0.3, 0.4) is 0 Å². The van der Waals surface area contributed by atoms with Crippen LogP contribution in [0.2, 0.25) is 0 Å². The van der Waals surface area contributed by atoms with Crippen LogP contribution in [0.5, 0.6) is 11.5 Å². The highest BCUT2D eigenvalue weighted by Gasteiger charge is 2.31. The van der Waals surface area contributed by atoms with E-state index < -0.39 is 0 Å². The van der Waals surface area contributed by atoms with E-state index in [0.29, 0.717) is 46.9 Å². The van der Waals surface area contributed by atoms with Crippen molar-refractivity contribution in [2.45, 2.75) is 32.8 Å². The quantitative estimate of drug-likeness (QED) is 0.189. The van der Waals surface area contributed by atoms with Gasteiger partial charge in [-0.25, -0.2) is 0 Å². The minimum Gasteiger partial charge on any atom is -0.493 e. The molecule has 1 aliphatic rings. The molecule has 0 saturated carbocycles. The fourth-order valence-electron chi connectivity index (χ4n) is 3.19. The molecule has 1 amide bonds. The molecule has 2 aromatic carbocycles. The third-order valence-corrected chi connectivity index (χ3v) is 6.74. The molecule has 0 atom stereocenters. The fraction of sp³-hybridized carbons (Fsp3) is 0.320. The number of amides is 1. The van der Waals surface area contributed by atoms with Crippen LogP contribution in [0.4, 0.5) is 0 Å². The number of carbonyl (C=O) groups excluding carboxylic acids is 2. The molecular weight excluding hydrogens is 538 g/mol. The molecule has 2 aromatic rings. The van der Waals surface area contributed by atoms with E-state index in [1.54, 1.807) is 13.2 Å². The maximum absolute atomic E-state index is 12.8. The van der Waals surface area contributed by atoms with Crippen LogP contribution in [-0.2, 0) is 20.9 Å². The molecule has 0 radical (unpaired) electrons. The van der Waals surface area contributed by atoms with Crippen LogP contribution in [0.1, 0.15) is 37.3 Å². The predicted molar refractivity (Wildman–Crippen MR) is 142 cm³/mol. The van der Waals surface area contributed by atoms with Crippen LogP contribution >= 0.6 is 39.9 Å². The molecule has 180 valence electrons. The minimum absolute atomic E-state index is 0.161. The Kier molecular flexibility index (Phi) is 9.98. The smallest absolute Gasteiger partial charge is 0.305 e. The summed E-state index contributed by atoms with van der Waals surface area (Å²) in [6.45, 7) is 3.15. The van der Waals surface area contributed by atoms with E-state index in [1.807, 2.05) is 49.4 Å². The Morgan fingerprint density at radius 2 is 2.03 bits per heavy atom. The summed E-state index contributed by atoms with van der Waals surface area (Å²) in [6.07, 6.45) is 3.33. The van der Waals surface area contributed by atoms with Gasteiger partial charge in [0.05, 0.1) is 18.6 Å². The van der Waals surface area contributed by atoms with Crippen LogP contribution in [0, 0.1) is 0 Å². The Bertz CT molecular complexity index is 1090. The number of carbonyl (C=O) groups is 2. The summed E-state index contributed by atoms with van der Waals surface area (Å²) < 4.78 is 18.0. The molecular formula is C25H26BrNO5S2. The van der Waals surface area contributed by atoms with Gasteiger partial charge in [-0.2, -0.15) is 0 Å². The van der Waals surface area contributed by atoms with E-state index in [1.165, 1.54) is 16.7 Å². The summed E-state index contributed by atoms with van der Waals surface area (Å²) in [7, 11) is 1.58. The highest BCUT2D eigenvalue weighted by molar-refractivity contribution is 9.10. The lowest BCUT2D eigenvalue weighted by Gasteiger charge is -2.14. The van der Waals surface area contributed by atoms with Gasteiger partial charge in [-0.3, -0.25) is 14.5 Å². The number of benzene rings is 2. The van der Waals surface area contributed by atoms with Crippen LogP contribution < -0.4 is 9.47 Å². The predicted octanol–water partition coefficient (Wildman–Crippen LogP) is 5.97. The molecule has 0 aliphatic carbocycles. The van der Waals surface area contributed by atoms with Crippen molar-refractivity contribution >= 4 is 62.2 Å². The van der Waals surface area contributed by atoms with Gasteiger partial charge >= 0.3 is 5.97 Å². The van der Waals surface area contributed by atoms with Gasteiger partial charge in [0.15, 0.2) is 11.5 Å². The summed E-state index contributed by atoms with van der Waals surface area (Å²) in [5.74, 6) is 0.773. The third kappa shape index (κ3) is 7.32. The summed E-state index contributed by atoms with van der Waals surface area (Å²) in [6, 6.07) is 13.4. The Hall–Kier alpha value is -2.36. The second-order valence-corrected chi connectivity index (χ2v) is 10.1. The molecule has 1 aliphatic heterocycles. The number of hydrogen-bond donors (Lipinski definition) is 0. The molecule has 1 saturated heterocycles. The van der Waals surface area contributed by atoms with Crippen LogP contribution in [0.25, 0.3) is 6.08 Å². The van der Waals surface area contributed by atoms with Gasteiger partial charge in [-0.15, -0.1) is 0 Å². The highest BCUT2D eigenvalue weighted by Crippen LogP contribution is 2.35. The largest absolute Gasteiger partial charge is 0.493 e. The van der Waals surface area contributed by atoms with E-state index in [0.717, 1.165) is 22.0 Å². The molecule has 3 rings (SSSR count). The number of ether oxygens (including phenoxy) is 3. The number of thioether (sulfide) groups is 1. The van der Waals surface area contributed by atoms with Crippen molar-refractivity contribution in [3.8, 4) is 11.5 Å². The van der Waals surface area contributed by atoms with Gasteiger partial charge in [0.1, 0.15) is 10.9 Å². The Labute approximate surface area is 217 Å². The van der Waals surface area contributed by atoms with Crippen LogP contribution in [-0.4, -0.2) is 41.4 Å². The second kappa shape index (κ2) is 12.9. The zero-order valence-corrected chi connectivity index (χ0v) is 22.3. The second-order valence-electron chi connectivity index (χ2n) is 7.49. The Morgan fingerprint density at radius 1 is 1.21 bits per heavy atom. The first kappa shape index (κ1) is 26.2. The number of hydrogen-bond acceptors (Lipinski definition) is 7. The van der Waals surface area contributed by atoms with E-state index in [2.05, 4.69) is 15.9 Å². The van der Waals surface area contributed by atoms with E-state index in [-0.39, 0.29) is 18.3 Å². The van der Waals surface area contributed by atoms with Crippen molar-refractivity contribution in [2.24, 2.45) is 0 Å². The average Bonchev–Trinajstić information content (AvgIpc) is 3.09. The molecule has 0 aromatic heterocycles. The summed E-state index contributed by atoms with van der Waals surface area (Å²) in [4.78, 5) is 26.6. The van der Waals surface area contributed by atoms with Crippen molar-refractivity contribution < 1.29 is 23.8 Å². The first-order valence-electron chi connectivity index (χ1n) is 10.9. The first-order valence-corrected chi connectivity index (χ1v) is 12.9. The lowest BCUT2D eigenvalue weighted by molar-refractivity contribution is -0.144. The molecule has 34 heavy (non-hydrogen) atoms. The zero-order chi connectivity index (χ0) is 24.5. The highest BCUT2D eigenvalue weighted by atomic mass is 79.9. The Morgan fingerprint density at radius 3 is 2.76 bits per heavy atom. The number of nitrogens with zero attached hydrogens (tertiary/aromatic N) is 1. The van der Waals surface area contributed by atoms with Gasteiger partial charge < -0.3 is 14.2 Å². The lowest BCUT2D eigenvalue weighted by Crippen LogP contribution is -2.29. The van der Waals surface area contributed by atoms with Crippen molar-refractivity contribution in [1.82, 2.24) is 4.90 Å². The molecule has 0 bridgehead atoms. The standard InChI is InChI=1S/C25H26BrNO5S2/c1-3-12-31-23(28)8-5-11-27-24(29)22(34-25(27)33)15-17-9-10-20(21(14-17)30-2)32-16-18-6-4-7-19(26)13-18/h4,6-7,9-10,13-15H,3,5,8,11-12,16H2,1-2H3/b22-15+. The number of halogens is 1. The van der Waals surface area contributed by atoms with Gasteiger partial charge in [0, 0.05) is 17.4 Å². The SMILES string of the molecule is CCCOC(=O)CCCN1C(=O)/C(=C\c2ccc(OCc3cccc(Br)c3)c(OC)c2)SC1=S. The first-order chi connectivity index (χ1) is 16.4. The fourth-order valence-corrected chi connectivity index (χ4v) is 4.95. The number of methoxy groups -OCH3 is 1. The number of rotatable bonds is 11. The Balaban J connectivity index is 1.62. The minimum atomic E-state index is -0.253. The molecule has 0 unspecified atom stereocenters. The summed E-state index contributed by atoms with van der Waals surface area (Å²) >= 11 is 10.1. The van der Waals surface area contributed by atoms with Crippen molar-refractivity contribution in [2.75, 3.05) is 20.3 Å². The molecule has 0 spiro atoms. The zero-order valence-electron chi connectivity index (χ0n) is 19.0.